The lowest BCUT2D eigenvalue weighted by Gasteiger charge is -2.06. The van der Waals surface area contributed by atoms with E-state index in [0.717, 1.165) is 16.9 Å². The average Bonchev–Trinajstić information content (AvgIpc) is 2.96. The molecule has 1 heterocycles. The first kappa shape index (κ1) is 13.4. The number of rotatable bonds is 4. The molecule has 0 aliphatic heterocycles. The van der Waals surface area contributed by atoms with Crippen molar-refractivity contribution >= 4 is 5.69 Å². The van der Waals surface area contributed by atoms with Gasteiger partial charge in [-0.2, -0.15) is 0 Å². The molecule has 0 amide bonds. The zero-order chi connectivity index (χ0) is 14.7. The highest BCUT2D eigenvalue weighted by Gasteiger charge is 2.06. The lowest BCUT2D eigenvalue weighted by molar-refractivity contribution is 0.573. The lowest BCUT2D eigenvalue weighted by atomic mass is 10.1. The molecule has 1 aromatic heterocycles. The number of para-hydroxylation sites is 1. The van der Waals surface area contributed by atoms with Gasteiger partial charge in [0.25, 0.3) is 0 Å². The number of hydrogen-bond donors (Lipinski definition) is 1. The molecule has 3 heteroatoms. The molecule has 0 saturated heterocycles. The molecule has 0 atom stereocenters. The van der Waals surface area contributed by atoms with Gasteiger partial charge in [-0.3, -0.25) is 0 Å². The van der Waals surface area contributed by atoms with E-state index < -0.39 is 0 Å². The summed E-state index contributed by atoms with van der Waals surface area (Å²) in [7, 11) is 0. The van der Waals surface area contributed by atoms with Crippen LogP contribution in [0.15, 0.2) is 59.2 Å². The zero-order valence-corrected chi connectivity index (χ0v) is 12.3. The van der Waals surface area contributed by atoms with Gasteiger partial charge >= 0.3 is 0 Å². The van der Waals surface area contributed by atoms with Crippen molar-refractivity contribution in [3.8, 4) is 11.5 Å². The molecule has 3 nitrogen and oxygen atoms in total. The Morgan fingerprint density at radius 3 is 2.52 bits per heavy atom. The maximum absolute atomic E-state index is 5.56. The highest BCUT2D eigenvalue weighted by atomic mass is 16.3. The fourth-order valence-corrected chi connectivity index (χ4v) is 2.17. The van der Waals surface area contributed by atoms with E-state index in [1.165, 1.54) is 11.1 Å². The minimum atomic E-state index is 0.653. The third-order valence-corrected chi connectivity index (χ3v) is 3.46. The van der Waals surface area contributed by atoms with E-state index in [1.807, 2.05) is 24.3 Å². The maximum Gasteiger partial charge on any atom is 0.226 e. The van der Waals surface area contributed by atoms with Crippen LogP contribution in [-0.4, -0.2) is 4.98 Å². The number of nitrogens with zero attached hydrogens (tertiary/aromatic N) is 1. The molecular weight excluding hydrogens is 260 g/mol. The van der Waals surface area contributed by atoms with Gasteiger partial charge < -0.3 is 9.73 Å². The normalized spacial score (nSPS) is 10.6. The molecule has 0 unspecified atom stereocenters. The molecule has 3 rings (SSSR count). The second-order valence-corrected chi connectivity index (χ2v) is 5.18. The smallest absolute Gasteiger partial charge is 0.226 e. The first-order valence-electron chi connectivity index (χ1n) is 7.03. The summed E-state index contributed by atoms with van der Waals surface area (Å²) in [6, 6.07) is 16.4. The van der Waals surface area contributed by atoms with Crippen LogP contribution in [0.3, 0.4) is 0 Å². The topological polar surface area (TPSA) is 38.1 Å². The molecule has 0 aliphatic rings. The average molecular weight is 278 g/mol. The van der Waals surface area contributed by atoms with Crippen LogP contribution < -0.4 is 5.32 Å². The highest BCUT2D eigenvalue weighted by Crippen LogP contribution is 2.20. The Kier molecular flexibility index (Phi) is 3.73. The lowest BCUT2D eigenvalue weighted by Crippen LogP contribution is -2.01. The van der Waals surface area contributed by atoms with Crippen molar-refractivity contribution in [1.29, 1.82) is 0 Å². The molecule has 1 N–H and O–H groups in total. The molecule has 21 heavy (non-hydrogen) atoms. The Morgan fingerprint density at radius 1 is 1.00 bits per heavy atom. The van der Waals surface area contributed by atoms with Crippen molar-refractivity contribution in [2.45, 2.75) is 20.4 Å². The Hall–Kier alpha value is -2.55. The van der Waals surface area contributed by atoms with E-state index >= 15 is 0 Å². The summed E-state index contributed by atoms with van der Waals surface area (Å²) in [6.07, 6.45) is 1.71. The summed E-state index contributed by atoms with van der Waals surface area (Å²) in [5, 5.41) is 3.38. The summed E-state index contributed by atoms with van der Waals surface area (Å²) >= 11 is 0. The monoisotopic (exact) mass is 278 g/mol. The van der Waals surface area contributed by atoms with Crippen LogP contribution in [0, 0.1) is 13.8 Å². The van der Waals surface area contributed by atoms with Gasteiger partial charge in [-0.05, 0) is 37.6 Å². The van der Waals surface area contributed by atoms with Gasteiger partial charge in [-0.1, -0.05) is 35.9 Å². The summed E-state index contributed by atoms with van der Waals surface area (Å²) in [6.45, 7) is 4.81. The van der Waals surface area contributed by atoms with Gasteiger partial charge in [0.15, 0.2) is 0 Å². The zero-order valence-electron chi connectivity index (χ0n) is 12.3. The number of hydrogen-bond acceptors (Lipinski definition) is 3. The summed E-state index contributed by atoms with van der Waals surface area (Å²) in [4.78, 5) is 4.53. The van der Waals surface area contributed by atoms with Crippen molar-refractivity contribution in [3.05, 3.63) is 71.6 Å². The first-order valence-corrected chi connectivity index (χ1v) is 7.03. The van der Waals surface area contributed by atoms with E-state index in [-0.39, 0.29) is 0 Å². The van der Waals surface area contributed by atoms with E-state index in [9.17, 15) is 0 Å². The predicted molar refractivity (Wildman–Crippen MR) is 85.2 cm³/mol. The van der Waals surface area contributed by atoms with Gasteiger partial charge in [0.1, 0.15) is 6.26 Å². The summed E-state index contributed by atoms with van der Waals surface area (Å²) in [5.41, 5.74) is 5.47. The van der Waals surface area contributed by atoms with E-state index in [4.69, 9.17) is 4.42 Å². The molecule has 2 aromatic carbocycles. The van der Waals surface area contributed by atoms with Crippen molar-refractivity contribution in [3.63, 3.8) is 0 Å². The van der Waals surface area contributed by atoms with E-state index in [1.54, 1.807) is 6.26 Å². The molecule has 0 spiro atoms. The van der Waals surface area contributed by atoms with Crippen molar-refractivity contribution in [1.82, 2.24) is 4.98 Å². The third kappa shape index (κ3) is 3.14. The highest BCUT2D eigenvalue weighted by molar-refractivity contribution is 5.54. The number of anilines is 1. The van der Waals surface area contributed by atoms with Gasteiger partial charge in [0, 0.05) is 11.3 Å². The van der Waals surface area contributed by atoms with Gasteiger partial charge in [-0.15, -0.1) is 0 Å². The number of benzene rings is 2. The van der Waals surface area contributed by atoms with Crippen molar-refractivity contribution in [2.75, 3.05) is 5.32 Å². The second-order valence-electron chi connectivity index (χ2n) is 5.18. The quantitative estimate of drug-likeness (QED) is 0.759. The second kappa shape index (κ2) is 5.83. The molecule has 0 bridgehead atoms. The molecule has 0 saturated carbocycles. The largest absolute Gasteiger partial charge is 0.444 e. The SMILES string of the molecule is Cc1ccc(-c2nc(CNc3ccccc3C)co2)cc1. The molecule has 0 aliphatic carbocycles. The standard InChI is InChI=1S/C18H18N2O/c1-13-7-9-15(10-8-13)18-20-16(12-21-18)11-19-17-6-4-3-5-14(17)2/h3-10,12,19H,11H2,1-2H3. The Labute approximate surface area is 124 Å². The van der Waals surface area contributed by atoms with Crippen LogP contribution in [0.4, 0.5) is 5.69 Å². The van der Waals surface area contributed by atoms with Crippen molar-refractivity contribution < 1.29 is 4.42 Å². The van der Waals surface area contributed by atoms with E-state index in [0.29, 0.717) is 12.4 Å². The Balaban J connectivity index is 1.71. The maximum atomic E-state index is 5.56. The number of oxazole rings is 1. The third-order valence-electron chi connectivity index (χ3n) is 3.46. The molecule has 0 fully saturated rings. The molecule has 0 radical (unpaired) electrons. The number of aryl methyl sites for hydroxylation is 2. The van der Waals surface area contributed by atoms with Crippen LogP contribution in [0.25, 0.3) is 11.5 Å². The molecule has 3 aromatic rings. The van der Waals surface area contributed by atoms with Crippen LogP contribution in [0.1, 0.15) is 16.8 Å². The molecular formula is C18H18N2O. The fraction of sp³-hybridized carbons (Fsp3) is 0.167. The van der Waals surface area contributed by atoms with Crippen LogP contribution >= 0.6 is 0 Å². The minimum absolute atomic E-state index is 0.653. The Morgan fingerprint density at radius 2 is 1.76 bits per heavy atom. The number of aromatic nitrogens is 1. The number of nitrogens with one attached hydrogen (secondary N) is 1. The van der Waals surface area contributed by atoms with E-state index in [2.05, 4.69) is 48.4 Å². The van der Waals surface area contributed by atoms with Crippen LogP contribution in [-0.2, 0) is 6.54 Å². The summed E-state index contributed by atoms with van der Waals surface area (Å²) in [5.74, 6) is 0.664. The Bertz CT molecular complexity index is 729. The van der Waals surface area contributed by atoms with Crippen LogP contribution in [0.2, 0.25) is 0 Å². The first-order chi connectivity index (χ1) is 10.2. The van der Waals surface area contributed by atoms with Gasteiger partial charge in [0.2, 0.25) is 5.89 Å². The van der Waals surface area contributed by atoms with Gasteiger partial charge in [0.05, 0.1) is 12.2 Å². The fourth-order valence-electron chi connectivity index (χ4n) is 2.17. The van der Waals surface area contributed by atoms with Gasteiger partial charge in [-0.25, -0.2) is 4.98 Å². The minimum Gasteiger partial charge on any atom is -0.444 e. The predicted octanol–water partition coefficient (Wildman–Crippen LogP) is 4.57. The van der Waals surface area contributed by atoms with Crippen molar-refractivity contribution in [2.24, 2.45) is 0 Å². The van der Waals surface area contributed by atoms with Crippen LogP contribution in [0.5, 0.6) is 0 Å². The summed E-state index contributed by atoms with van der Waals surface area (Å²) < 4.78 is 5.56. The molecule has 106 valence electrons.